The van der Waals surface area contributed by atoms with Crippen molar-refractivity contribution >= 4 is 6.09 Å². The van der Waals surface area contributed by atoms with Crippen LogP contribution >= 0.6 is 0 Å². The molecule has 1 aromatic carbocycles. The van der Waals surface area contributed by atoms with Crippen molar-refractivity contribution in [3.05, 3.63) is 35.9 Å². The maximum Gasteiger partial charge on any atom is 0.407 e. The molecule has 1 heterocycles. The Morgan fingerprint density at radius 2 is 1.84 bits per heavy atom. The second-order valence-electron chi connectivity index (χ2n) is 7.17. The molecular weight excluding hydrogens is 318 g/mol. The van der Waals surface area contributed by atoms with Crippen molar-refractivity contribution in [3.63, 3.8) is 0 Å². The first kappa shape index (κ1) is 17.7. The lowest BCUT2D eigenvalue weighted by molar-refractivity contribution is 0.0770. The van der Waals surface area contributed by atoms with Crippen LogP contribution in [-0.2, 0) is 5.41 Å². The van der Waals surface area contributed by atoms with Crippen LogP contribution in [0.3, 0.4) is 0 Å². The maximum absolute atomic E-state index is 11.2. The van der Waals surface area contributed by atoms with Crippen LogP contribution in [0.1, 0.15) is 31.2 Å². The molecule has 3 rings (SSSR count). The molecule has 1 saturated carbocycles. The maximum atomic E-state index is 11.2. The van der Waals surface area contributed by atoms with Crippen LogP contribution in [0.15, 0.2) is 30.3 Å². The van der Waals surface area contributed by atoms with E-state index in [1.807, 2.05) is 30.3 Å². The summed E-state index contributed by atoms with van der Waals surface area (Å²) in [5.74, 6) is 0. The van der Waals surface area contributed by atoms with Gasteiger partial charge in [-0.15, -0.1) is 0 Å². The fraction of sp³-hybridized carbons (Fsp3) is 0.579. The summed E-state index contributed by atoms with van der Waals surface area (Å²) in [7, 11) is 0. The average molecular weight is 343 g/mol. The first-order valence-corrected chi connectivity index (χ1v) is 8.91. The van der Waals surface area contributed by atoms with Gasteiger partial charge in [0, 0.05) is 25.7 Å². The summed E-state index contributed by atoms with van der Waals surface area (Å²) < 4.78 is 0. The molecule has 1 aliphatic heterocycles. The third-order valence-corrected chi connectivity index (χ3v) is 5.67. The molecule has 1 saturated heterocycles. The predicted molar refractivity (Wildman–Crippen MR) is 93.2 cm³/mol. The van der Waals surface area contributed by atoms with Gasteiger partial charge in [0.25, 0.3) is 0 Å². The highest BCUT2D eigenvalue weighted by Gasteiger charge is 2.39. The number of nitriles is 1. The average Bonchev–Trinajstić information content (AvgIpc) is 2.84. The van der Waals surface area contributed by atoms with E-state index >= 15 is 0 Å². The highest BCUT2D eigenvalue weighted by Crippen LogP contribution is 2.40. The zero-order valence-electron chi connectivity index (χ0n) is 14.3. The standard InChI is InChI=1S/C19H25N3O3/c20-14-19(15-4-2-1-3-5-15)8-6-16(7-9-19)21-10-11-22(18(24)25)13-17(23)12-21/h1-5,16-17,23H,6-13H2,(H,24,25). The van der Waals surface area contributed by atoms with Crippen molar-refractivity contribution < 1.29 is 15.0 Å². The van der Waals surface area contributed by atoms with Gasteiger partial charge in [0.1, 0.15) is 0 Å². The highest BCUT2D eigenvalue weighted by atomic mass is 16.4. The van der Waals surface area contributed by atoms with E-state index in [9.17, 15) is 15.2 Å². The van der Waals surface area contributed by atoms with Gasteiger partial charge < -0.3 is 15.1 Å². The van der Waals surface area contributed by atoms with Gasteiger partial charge in [0.2, 0.25) is 0 Å². The van der Waals surface area contributed by atoms with Crippen LogP contribution in [0.5, 0.6) is 0 Å². The first-order chi connectivity index (χ1) is 12.0. The summed E-state index contributed by atoms with van der Waals surface area (Å²) in [5, 5.41) is 29.1. The number of carboxylic acid groups (broad SMARTS) is 1. The molecule has 0 spiro atoms. The van der Waals surface area contributed by atoms with E-state index in [-0.39, 0.29) is 6.54 Å². The number of carbonyl (C=O) groups is 1. The fourth-order valence-corrected chi connectivity index (χ4v) is 4.20. The van der Waals surface area contributed by atoms with Crippen molar-refractivity contribution in [1.29, 1.82) is 5.26 Å². The Morgan fingerprint density at radius 1 is 1.16 bits per heavy atom. The summed E-state index contributed by atoms with van der Waals surface area (Å²) in [6.45, 7) is 1.73. The summed E-state index contributed by atoms with van der Waals surface area (Å²) in [6, 6.07) is 12.8. The smallest absolute Gasteiger partial charge is 0.407 e. The number of benzene rings is 1. The van der Waals surface area contributed by atoms with Crippen molar-refractivity contribution in [2.45, 2.75) is 43.2 Å². The van der Waals surface area contributed by atoms with E-state index in [0.29, 0.717) is 25.7 Å². The number of nitrogens with zero attached hydrogens (tertiary/aromatic N) is 3. The van der Waals surface area contributed by atoms with Crippen LogP contribution in [0, 0.1) is 11.3 Å². The number of hydrogen-bond donors (Lipinski definition) is 2. The Bertz CT molecular complexity index is 635. The van der Waals surface area contributed by atoms with Crippen molar-refractivity contribution in [3.8, 4) is 6.07 Å². The monoisotopic (exact) mass is 343 g/mol. The molecule has 2 fully saturated rings. The van der Waals surface area contributed by atoms with Gasteiger partial charge in [-0.25, -0.2) is 4.79 Å². The molecule has 0 radical (unpaired) electrons. The van der Waals surface area contributed by atoms with Crippen molar-refractivity contribution in [2.24, 2.45) is 0 Å². The molecule has 6 heteroatoms. The highest BCUT2D eigenvalue weighted by molar-refractivity contribution is 5.65. The molecular formula is C19H25N3O3. The van der Waals surface area contributed by atoms with Gasteiger partial charge in [0.15, 0.2) is 0 Å². The predicted octanol–water partition coefficient (Wildman–Crippen LogP) is 2.05. The summed E-state index contributed by atoms with van der Waals surface area (Å²) >= 11 is 0. The van der Waals surface area contributed by atoms with Gasteiger partial charge in [-0.3, -0.25) is 4.90 Å². The quantitative estimate of drug-likeness (QED) is 0.858. The number of amides is 1. The molecule has 25 heavy (non-hydrogen) atoms. The number of rotatable bonds is 2. The SMILES string of the molecule is N#CC1(c2ccccc2)CCC(N2CCN(C(=O)O)CC(O)C2)CC1. The van der Waals surface area contributed by atoms with E-state index in [1.165, 1.54) is 4.90 Å². The fourth-order valence-electron chi connectivity index (χ4n) is 4.20. The third-order valence-electron chi connectivity index (χ3n) is 5.67. The second-order valence-corrected chi connectivity index (χ2v) is 7.17. The zero-order chi connectivity index (χ0) is 17.9. The molecule has 134 valence electrons. The van der Waals surface area contributed by atoms with E-state index in [1.54, 1.807) is 0 Å². The van der Waals surface area contributed by atoms with Crippen molar-refractivity contribution in [1.82, 2.24) is 9.80 Å². The largest absolute Gasteiger partial charge is 0.465 e. The van der Waals surface area contributed by atoms with Crippen LogP contribution in [-0.4, -0.2) is 64.4 Å². The third kappa shape index (κ3) is 3.78. The number of hydrogen-bond acceptors (Lipinski definition) is 4. The van der Waals surface area contributed by atoms with Gasteiger partial charge in [-0.1, -0.05) is 30.3 Å². The molecule has 0 aromatic heterocycles. The van der Waals surface area contributed by atoms with E-state index in [4.69, 9.17) is 5.11 Å². The minimum absolute atomic E-state index is 0.171. The molecule has 1 atom stereocenters. The molecule has 1 unspecified atom stereocenters. The molecule has 1 amide bonds. The molecule has 2 N–H and O–H groups in total. The Hall–Kier alpha value is -2.10. The van der Waals surface area contributed by atoms with Crippen LogP contribution < -0.4 is 0 Å². The summed E-state index contributed by atoms with van der Waals surface area (Å²) in [5.41, 5.74) is 0.666. The van der Waals surface area contributed by atoms with Crippen LogP contribution in [0.25, 0.3) is 0 Å². The Morgan fingerprint density at radius 3 is 2.44 bits per heavy atom. The summed E-state index contributed by atoms with van der Waals surface area (Å²) in [6.07, 6.45) is 1.75. The number of aliphatic hydroxyl groups is 1. The Labute approximate surface area is 148 Å². The van der Waals surface area contributed by atoms with Crippen LogP contribution in [0.2, 0.25) is 0 Å². The van der Waals surface area contributed by atoms with E-state index in [2.05, 4.69) is 11.0 Å². The molecule has 0 bridgehead atoms. The van der Waals surface area contributed by atoms with E-state index < -0.39 is 17.6 Å². The molecule has 2 aliphatic rings. The topological polar surface area (TPSA) is 87.8 Å². The lowest BCUT2D eigenvalue weighted by Gasteiger charge is -2.40. The minimum Gasteiger partial charge on any atom is -0.465 e. The van der Waals surface area contributed by atoms with E-state index in [0.717, 1.165) is 31.2 Å². The first-order valence-electron chi connectivity index (χ1n) is 8.91. The lowest BCUT2D eigenvalue weighted by Crippen LogP contribution is -2.45. The number of β-amino-alcohol motifs (C(OH)–C–C–N with tert-alkyl or cyclic N) is 1. The molecule has 1 aromatic rings. The van der Waals surface area contributed by atoms with Gasteiger partial charge in [-0.05, 0) is 31.2 Å². The Balaban J connectivity index is 1.66. The van der Waals surface area contributed by atoms with Crippen molar-refractivity contribution in [2.75, 3.05) is 26.2 Å². The molecule has 1 aliphatic carbocycles. The van der Waals surface area contributed by atoms with Gasteiger partial charge in [0.05, 0.1) is 24.1 Å². The Kier molecular flexibility index (Phi) is 5.26. The second kappa shape index (κ2) is 7.42. The van der Waals surface area contributed by atoms with Crippen LogP contribution in [0.4, 0.5) is 4.79 Å². The van der Waals surface area contributed by atoms with Gasteiger partial charge >= 0.3 is 6.09 Å². The minimum atomic E-state index is -0.975. The van der Waals surface area contributed by atoms with Gasteiger partial charge in [-0.2, -0.15) is 5.26 Å². The summed E-state index contributed by atoms with van der Waals surface area (Å²) in [4.78, 5) is 14.7. The lowest BCUT2D eigenvalue weighted by atomic mass is 9.69. The molecule has 6 nitrogen and oxygen atoms in total. The zero-order valence-corrected chi connectivity index (χ0v) is 14.3. The number of aliphatic hydroxyl groups excluding tert-OH is 1. The normalized spacial score (nSPS) is 31.1.